The Labute approximate surface area is 123 Å². The Kier molecular flexibility index (Phi) is 6.20. The van der Waals surface area contributed by atoms with Gasteiger partial charge in [0.05, 0.1) is 10.8 Å². The number of anilines is 1. The minimum atomic E-state index is -1.37. The van der Waals surface area contributed by atoms with Crippen molar-refractivity contribution < 1.29 is 9.00 Å². The van der Waals surface area contributed by atoms with E-state index >= 15 is 0 Å². The molecule has 1 aromatic carbocycles. The molecular weight excluding hydrogens is 272 g/mol. The third-order valence-corrected chi connectivity index (χ3v) is 4.96. The Morgan fingerprint density at radius 1 is 1.40 bits per heavy atom. The Balaban J connectivity index is 2.78. The number of hydrogen-bond acceptors (Lipinski definition) is 3. The fraction of sp³-hybridized carbons (Fsp3) is 0.533. The molecule has 0 saturated heterocycles. The molecule has 1 rings (SSSR count). The van der Waals surface area contributed by atoms with Gasteiger partial charge in [0.25, 0.3) is 0 Å². The van der Waals surface area contributed by atoms with Crippen LogP contribution in [0.25, 0.3) is 0 Å². The first kappa shape index (κ1) is 16.7. The highest BCUT2D eigenvalue weighted by molar-refractivity contribution is 7.86. The molecule has 4 nitrogen and oxygen atoms in total. The second-order valence-corrected chi connectivity index (χ2v) is 6.90. The molecule has 3 unspecified atom stereocenters. The van der Waals surface area contributed by atoms with Crippen LogP contribution < -0.4 is 11.1 Å². The van der Waals surface area contributed by atoms with Crippen molar-refractivity contribution in [2.45, 2.75) is 56.7 Å². The zero-order valence-corrected chi connectivity index (χ0v) is 13.4. The Morgan fingerprint density at radius 3 is 2.60 bits per heavy atom. The number of benzene rings is 1. The van der Waals surface area contributed by atoms with Gasteiger partial charge in [-0.1, -0.05) is 13.3 Å². The normalized spacial score (nSPS) is 15.4. The van der Waals surface area contributed by atoms with Crippen molar-refractivity contribution in [2.75, 3.05) is 5.73 Å². The molecule has 0 heterocycles. The van der Waals surface area contributed by atoms with Crippen molar-refractivity contribution in [3.05, 3.63) is 23.8 Å². The van der Waals surface area contributed by atoms with Crippen LogP contribution >= 0.6 is 0 Å². The number of amides is 1. The van der Waals surface area contributed by atoms with E-state index in [1.807, 2.05) is 13.8 Å². The first-order valence-corrected chi connectivity index (χ1v) is 8.15. The monoisotopic (exact) mass is 296 g/mol. The summed E-state index contributed by atoms with van der Waals surface area (Å²) in [6.07, 6.45) is 1.93. The SMILES string of the molecule is CCCC(C)NC(=O)C(C)S(=O)c1ccc(N)cc1C. The van der Waals surface area contributed by atoms with E-state index in [2.05, 4.69) is 12.2 Å². The van der Waals surface area contributed by atoms with Gasteiger partial charge >= 0.3 is 0 Å². The van der Waals surface area contributed by atoms with E-state index in [1.54, 1.807) is 25.1 Å². The molecule has 0 fully saturated rings. The Bertz CT molecular complexity index is 503. The molecule has 0 aliphatic heterocycles. The molecule has 112 valence electrons. The van der Waals surface area contributed by atoms with Crippen molar-refractivity contribution in [3.63, 3.8) is 0 Å². The lowest BCUT2D eigenvalue weighted by atomic mass is 10.2. The number of nitrogen functional groups attached to an aromatic ring is 1. The van der Waals surface area contributed by atoms with Crippen molar-refractivity contribution in [1.29, 1.82) is 0 Å². The summed E-state index contributed by atoms with van der Waals surface area (Å²) in [5.41, 5.74) is 7.17. The van der Waals surface area contributed by atoms with Crippen LogP contribution in [0.2, 0.25) is 0 Å². The fourth-order valence-corrected chi connectivity index (χ4v) is 3.27. The van der Waals surface area contributed by atoms with Gasteiger partial charge in [-0.15, -0.1) is 0 Å². The van der Waals surface area contributed by atoms with Crippen LogP contribution in [0.4, 0.5) is 5.69 Å². The van der Waals surface area contributed by atoms with Gasteiger partial charge in [-0.2, -0.15) is 0 Å². The van der Waals surface area contributed by atoms with E-state index < -0.39 is 16.0 Å². The number of carbonyl (C=O) groups is 1. The van der Waals surface area contributed by atoms with Crippen LogP contribution in [-0.2, 0) is 15.6 Å². The first-order valence-electron chi connectivity index (χ1n) is 6.93. The lowest BCUT2D eigenvalue weighted by Crippen LogP contribution is -2.40. The molecule has 0 aliphatic rings. The van der Waals surface area contributed by atoms with Crippen LogP contribution in [0.3, 0.4) is 0 Å². The molecule has 0 saturated carbocycles. The maximum Gasteiger partial charge on any atom is 0.236 e. The van der Waals surface area contributed by atoms with Gasteiger partial charge in [0.15, 0.2) is 0 Å². The van der Waals surface area contributed by atoms with Gasteiger partial charge < -0.3 is 11.1 Å². The molecule has 3 N–H and O–H groups in total. The fourth-order valence-electron chi connectivity index (χ4n) is 2.05. The number of aryl methyl sites for hydroxylation is 1. The standard InChI is InChI=1S/C15H24N2O2S/c1-5-6-11(3)17-15(18)12(4)20(19)14-8-7-13(16)9-10(14)2/h7-9,11-12H,5-6,16H2,1-4H3,(H,17,18). The van der Waals surface area contributed by atoms with Gasteiger partial charge in [-0.3, -0.25) is 9.00 Å². The second-order valence-electron chi connectivity index (χ2n) is 5.16. The number of nitrogens with two attached hydrogens (primary N) is 1. The van der Waals surface area contributed by atoms with Crippen LogP contribution in [0.1, 0.15) is 39.2 Å². The lowest BCUT2D eigenvalue weighted by molar-refractivity contribution is -0.121. The van der Waals surface area contributed by atoms with Crippen molar-refractivity contribution in [2.24, 2.45) is 0 Å². The molecule has 1 aromatic rings. The van der Waals surface area contributed by atoms with E-state index in [4.69, 9.17) is 5.73 Å². The summed E-state index contributed by atoms with van der Waals surface area (Å²) in [6.45, 7) is 7.58. The predicted molar refractivity (Wildman–Crippen MR) is 84.0 cm³/mol. The molecule has 1 amide bonds. The maximum atomic E-state index is 12.5. The molecule has 0 radical (unpaired) electrons. The zero-order valence-electron chi connectivity index (χ0n) is 12.6. The minimum Gasteiger partial charge on any atom is -0.399 e. The number of carbonyl (C=O) groups excluding carboxylic acids is 1. The number of rotatable bonds is 6. The van der Waals surface area contributed by atoms with Crippen molar-refractivity contribution in [3.8, 4) is 0 Å². The highest BCUT2D eigenvalue weighted by Crippen LogP contribution is 2.19. The minimum absolute atomic E-state index is 0.111. The van der Waals surface area contributed by atoms with Gasteiger partial charge in [0.1, 0.15) is 5.25 Å². The van der Waals surface area contributed by atoms with Gasteiger partial charge in [0.2, 0.25) is 5.91 Å². The van der Waals surface area contributed by atoms with Crippen LogP contribution in [-0.4, -0.2) is 21.4 Å². The second kappa shape index (κ2) is 7.43. The highest BCUT2D eigenvalue weighted by Gasteiger charge is 2.23. The summed E-state index contributed by atoms with van der Waals surface area (Å²) in [7, 11) is -1.37. The van der Waals surface area contributed by atoms with Crippen molar-refractivity contribution >= 4 is 22.4 Å². The van der Waals surface area contributed by atoms with E-state index in [-0.39, 0.29) is 11.9 Å². The summed E-state index contributed by atoms with van der Waals surface area (Å²) < 4.78 is 12.5. The van der Waals surface area contributed by atoms with Crippen molar-refractivity contribution in [1.82, 2.24) is 5.32 Å². The third kappa shape index (κ3) is 4.34. The van der Waals surface area contributed by atoms with Crippen LogP contribution in [0.5, 0.6) is 0 Å². The summed E-state index contributed by atoms with van der Waals surface area (Å²) in [4.78, 5) is 12.8. The molecule has 0 aliphatic carbocycles. The van der Waals surface area contributed by atoms with Gasteiger partial charge in [-0.05, 0) is 51.0 Å². The molecule has 0 aromatic heterocycles. The summed E-state index contributed by atoms with van der Waals surface area (Å²) in [6, 6.07) is 5.33. The highest BCUT2D eigenvalue weighted by atomic mass is 32.2. The molecule has 3 atom stereocenters. The average molecular weight is 296 g/mol. The summed E-state index contributed by atoms with van der Waals surface area (Å²) in [5.74, 6) is -0.166. The predicted octanol–water partition coefficient (Wildman–Crippen LogP) is 2.38. The Morgan fingerprint density at radius 2 is 2.05 bits per heavy atom. The lowest BCUT2D eigenvalue weighted by Gasteiger charge is -2.17. The van der Waals surface area contributed by atoms with Gasteiger partial charge in [0, 0.05) is 16.6 Å². The van der Waals surface area contributed by atoms with Gasteiger partial charge in [-0.25, -0.2) is 0 Å². The summed E-state index contributed by atoms with van der Waals surface area (Å²) in [5, 5.41) is 2.33. The molecule has 0 bridgehead atoms. The first-order chi connectivity index (χ1) is 9.36. The number of hydrogen-bond donors (Lipinski definition) is 2. The van der Waals surface area contributed by atoms with E-state index in [9.17, 15) is 9.00 Å². The molecule has 5 heteroatoms. The summed E-state index contributed by atoms with van der Waals surface area (Å²) >= 11 is 0. The van der Waals surface area contributed by atoms with E-state index in [0.717, 1.165) is 18.4 Å². The molecule has 0 spiro atoms. The van der Waals surface area contributed by atoms with E-state index in [0.29, 0.717) is 10.6 Å². The maximum absolute atomic E-state index is 12.5. The van der Waals surface area contributed by atoms with Crippen LogP contribution in [0.15, 0.2) is 23.1 Å². The number of nitrogens with one attached hydrogen (secondary N) is 1. The third-order valence-electron chi connectivity index (χ3n) is 3.22. The van der Waals surface area contributed by atoms with Crippen LogP contribution in [0, 0.1) is 6.92 Å². The average Bonchev–Trinajstić information content (AvgIpc) is 2.37. The molecular formula is C15H24N2O2S. The Hall–Kier alpha value is -1.36. The molecule has 20 heavy (non-hydrogen) atoms. The topological polar surface area (TPSA) is 72.2 Å². The van der Waals surface area contributed by atoms with E-state index in [1.165, 1.54) is 0 Å². The smallest absolute Gasteiger partial charge is 0.236 e. The largest absolute Gasteiger partial charge is 0.399 e. The quantitative estimate of drug-likeness (QED) is 0.792. The zero-order chi connectivity index (χ0) is 15.3.